The van der Waals surface area contributed by atoms with Crippen LogP contribution in [0.25, 0.3) is 0 Å². The Kier molecular flexibility index (Phi) is 4.18. The van der Waals surface area contributed by atoms with Crippen molar-refractivity contribution in [1.82, 2.24) is 4.31 Å². The molecule has 0 aliphatic rings. The summed E-state index contributed by atoms with van der Waals surface area (Å²) in [5.41, 5.74) is 0. The lowest BCUT2D eigenvalue weighted by atomic mass is 10.4. The topological polar surface area (TPSA) is 37.4 Å². The molecule has 0 N–H and O–H groups in total. The molecule has 0 amide bonds. The third kappa shape index (κ3) is 3.41. The van der Waals surface area contributed by atoms with Crippen molar-refractivity contribution in [2.45, 2.75) is 19.8 Å². The van der Waals surface area contributed by atoms with Crippen LogP contribution >= 0.6 is 0 Å². The first-order valence-electron chi connectivity index (χ1n) is 3.63. The molecule has 0 unspecified atom stereocenters. The summed E-state index contributed by atoms with van der Waals surface area (Å²) in [6.45, 7) is 5.34. The number of sulfonamides is 1. The molecule has 0 aromatic heterocycles. The summed E-state index contributed by atoms with van der Waals surface area (Å²) in [6.07, 6.45) is 2.91. The van der Waals surface area contributed by atoms with Gasteiger partial charge in [-0.05, 0) is 6.42 Å². The van der Waals surface area contributed by atoms with Crippen LogP contribution in [0, 0.1) is 0 Å². The predicted octanol–water partition coefficient (Wildman–Crippen LogP) is 1.19. The molecule has 0 saturated carbocycles. The van der Waals surface area contributed by atoms with Gasteiger partial charge in [0.25, 0.3) is 0 Å². The zero-order valence-corrected chi connectivity index (χ0v) is 7.89. The van der Waals surface area contributed by atoms with E-state index in [1.165, 1.54) is 13.2 Å². The highest BCUT2D eigenvalue weighted by atomic mass is 32.2. The van der Waals surface area contributed by atoms with E-state index < -0.39 is 10.0 Å². The molecule has 11 heavy (non-hydrogen) atoms. The van der Waals surface area contributed by atoms with E-state index in [2.05, 4.69) is 6.58 Å². The Bertz CT molecular complexity index is 208. The minimum atomic E-state index is -3.06. The van der Waals surface area contributed by atoms with Gasteiger partial charge >= 0.3 is 0 Å². The van der Waals surface area contributed by atoms with Crippen molar-refractivity contribution in [2.75, 3.05) is 12.8 Å². The minimum absolute atomic E-state index is 0.214. The number of hydrogen-bond acceptors (Lipinski definition) is 2. The summed E-state index contributed by atoms with van der Waals surface area (Å²) in [6, 6.07) is 0. The lowest BCUT2D eigenvalue weighted by Crippen LogP contribution is -2.23. The third-order valence-electron chi connectivity index (χ3n) is 1.45. The summed E-state index contributed by atoms with van der Waals surface area (Å²) >= 11 is 0. The van der Waals surface area contributed by atoms with Crippen LogP contribution in [-0.4, -0.2) is 25.5 Å². The molecule has 0 aliphatic carbocycles. The van der Waals surface area contributed by atoms with E-state index in [0.29, 0.717) is 6.42 Å². The van der Waals surface area contributed by atoms with Gasteiger partial charge in [0.1, 0.15) is 0 Å². The number of hydrogen-bond donors (Lipinski definition) is 0. The molecule has 0 heterocycles. The molecule has 0 fully saturated rings. The van der Waals surface area contributed by atoms with E-state index in [9.17, 15) is 8.42 Å². The average Bonchev–Trinajstić information content (AvgIpc) is 1.99. The first kappa shape index (κ1) is 10.5. The fourth-order valence-electron chi connectivity index (χ4n) is 0.584. The lowest BCUT2D eigenvalue weighted by Gasteiger charge is -2.12. The second kappa shape index (κ2) is 4.38. The molecule has 4 heteroatoms. The molecule has 3 nitrogen and oxygen atoms in total. The second-order valence-electron chi connectivity index (χ2n) is 2.37. The molecular weight excluding hydrogens is 162 g/mol. The van der Waals surface area contributed by atoms with Crippen molar-refractivity contribution in [2.24, 2.45) is 0 Å². The van der Waals surface area contributed by atoms with Gasteiger partial charge in [0.05, 0.1) is 5.75 Å². The lowest BCUT2D eigenvalue weighted by molar-refractivity contribution is 0.536. The van der Waals surface area contributed by atoms with Crippen molar-refractivity contribution in [3.63, 3.8) is 0 Å². The minimum Gasteiger partial charge on any atom is -0.281 e. The summed E-state index contributed by atoms with van der Waals surface area (Å²) in [7, 11) is -1.56. The second-order valence-corrected chi connectivity index (χ2v) is 4.52. The monoisotopic (exact) mass is 177 g/mol. The molecule has 0 rings (SSSR count). The quantitative estimate of drug-likeness (QED) is 0.632. The maximum atomic E-state index is 11.2. The first-order valence-corrected chi connectivity index (χ1v) is 5.23. The highest BCUT2D eigenvalue weighted by Gasteiger charge is 2.11. The summed E-state index contributed by atoms with van der Waals surface area (Å²) in [4.78, 5) is 0. The largest absolute Gasteiger partial charge is 0.281 e. The Morgan fingerprint density at radius 2 is 2.09 bits per heavy atom. The number of unbranched alkanes of at least 4 members (excludes halogenated alkanes) is 1. The standard InChI is InChI=1S/C7H15NO2S/c1-4-6-7-11(9,10)8(3)5-2/h5H,2,4,6-7H2,1,3H3. The van der Waals surface area contributed by atoms with Crippen LogP contribution in [0.4, 0.5) is 0 Å². The van der Waals surface area contributed by atoms with Crippen LogP contribution in [0.5, 0.6) is 0 Å². The molecule has 0 spiro atoms. The first-order chi connectivity index (χ1) is 5.04. The Morgan fingerprint density at radius 1 is 1.55 bits per heavy atom. The van der Waals surface area contributed by atoms with E-state index in [1.807, 2.05) is 6.92 Å². The highest BCUT2D eigenvalue weighted by molar-refractivity contribution is 7.89. The van der Waals surface area contributed by atoms with Gasteiger partial charge in [0.2, 0.25) is 10.0 Å². The Hall–Kier alpha value is -0.510. The van der Waals surface area contributed by atoms with Crippen molar-refractivity contribution in [3.05, 3.63) is 12.8 Å². The molecule has 66 valence electrons. The summed E-state index contributed by atoms with van der Waals surface area (Å²) in [5.74, 6) is 0.214. The van der Waals surface area contributed by atoms with Crippen molar-refractivity contribution < 1.29 is 8.42 Å². The molecule has 0 aliphatic heterocycles. The van der Waals surface area contributed by atoms with E-state index >= 15 is 0 Å². The normalized spacial score (nSPS) is 11.1. The Balaban J connectivity index is 4.11. The summed E-state index contributed by atoms with van der Waals surface area (Å²) in [5, 5.41) is 0. The molecule has 0 aromatic rings. The van der Waals surface area contributed by atoms with Gasteiger partial charge in [-0.2, -0.15) is 0 Å². The SMILES string of the molecule is C=CN(C)S(=O)(=O)CCCC. The number of nitrogens with zero attached hydrogens (tertiary/aromatic N) is 1. The van der Waals surface area contributed by atoms with Crippen molar-refractivity contribution in [3.8, 4) is 0 Å². The molecule has 0 atom stereocenters. The van der Waals surface area contributed by atoms with Gasteiger partial charge in [-0.3, -0.25) is 4.31 Å². The van der Waals surface area contributed by atoms with E-state index in [0.717, 1.165) is 10.7 Å². The molecule has 0 bridgehead atoms. The Morgan fingerprint density at radius 3 is 2.45 bits per heavy atom. The van der Waals surface area contributed by atoms with Gasteiger partial charge in [-0.25, -0.2) is 8.42 Å². The van der Waals surface area contributed by atoms with Crippen molar-refractivity contribution >= 4 is 10.0 Å². The van der Waals surface area contributed by atoms with Crippen LogP contribution in [-0.2, 0) is 10.0 Å². The van der Waals surface area contributed by atoms with Crippen molar-refractivity contribution in [1.29, 1.82) is 0 Å². The maximum Gasteiger partial charge on any atom is 0.234 e. The zero-order chi connectivity index (χ0) is 8.91. The molecule has 0 saturated heterocycles. The van der Waals surface area contributed by atoms with E-state index in [-0.39, 0.29) is 5.75 Å². The van der Waals surface area contributed by atoms with Gasteiger partial charge in [-0.1, -0.05) is 19.9 Å². The zero-order valence-electron chi connectivity index (χ0n) is 7.08. The molecular formula is C7H15NO2S. The summed E-state index contributed by atoms with van der Waals surface area (Å²) < 4.78 is 23.5. The van der Waals surface area contributed by atoms with E-state index in [4.69, 9.17) is 0 Å². The van der Waals surface area contributed by atoms with E-state index in [1.54, 1.807) is 0 Å². The van der Waals surface area contributed by atoms with Crippen LogP contribution in [0.15, 0.2) is 12.8 Å². The Labute approximate surface area is 68.8 Å². The van der Waals surface area contributed by atoms with Crippen LogP contribution in [0.1, 0.15) is 19.8 Å². The number of rotatable bonds is 5. The molecule has 0 radical (unpaired) electrons. The van der Waals surface area contributed by atoms with Crippen LogP contribution in [0.2, 0.25) is 0 Å². The smallest absolute Gasteiger partial charge is 0.234 e. The van der Waals surface area contributed by atoms with Gasteiger partial charge in [0.15, 0.2) is 0 Å². The third-order valence-corrected chi connectivity index (χ3v) is 3.28. The fourth-order valence-corrected chi connectivity index (χ4v) is 1.75. The maximum absolute atomic E-state index is 11.2. The average molecular weight is 177 g/mol. The predicted molar refractivity (Wildman–Crippen MR) is 46.7 cm³/mol. The van der Waals surface area contributed by atoms with Gasteiger partial charge < -0.3 is 0 Å². The van der Waals surface area contributed by atoms with Gasteiger partial charge in [-0.15, -0.1) is 0 Å². The fraction of sp³-hybridized carbons (Fsp3) is 0.714. The highest BCUT2D eigenvalue weighted by Crippen LogP contribution is 2.01. The van der Waals surface area contributed by atoms with Crippen LogP contribution < -0.4 is 0 Å². The molecule has 0 aromatic carbocycles. The van der Waals surface area contributed by atoms with Gasteiger partial charge in [0, 0.05) is 13.2 Å². The van der Waals surface area contributed by atoms with Crippen LogP contribution in [0.3, 0.4) is 0 Å².